The molecule has 1 atom stereocenters. The summed E-state index contributed by atoms with van der Waals surface area (Å²) in [7, 11) is -2.26. The first-order chi connectivity index (χ1) is 16.5. The van der Waals surface area contributed by atoms with E-state index in [1.807, 2.05) is 19.9 Å². The monoisotopic (exact) mass is 523 g/mol. The molecule has 10 heteroatoms. The molecule has 2 aromatic rings. The molecular formula is C25H34ClN3O5S. The van der Waals surface area contributed by atoms with E-state index in [4.69, 9.17) is 16.3 Å². The highest BCUT2D eigenvalue weighted by atomic mass is 35.5. The van der Waals surface area contributed by atoms with Crippen molar-refractivity contribution in [3.8, 4) is 5.75 Å². The van der Waals surface area contributed by atoms with E-state index in [2.05, 4.69) is 5.32 Å². The van der Waals surface area contributed by atoms with Gasteiger partial charge >= 0.3 is 0 Å². The smallest absolute Gasteiger partial charge is 0.244 e. The molecule has 0 fully saturated rings. The lowest BCUT2D eigenvalue weighted by Gasteiger charge is -2.33. The van der Waals surface area contributed by atoms with Crippen LogP contribution in [0.15, 0.2) is 42.5 Å². The number of hydrogen-bond donors (Lipinski definition) is 1. The van der Waals surface area contributed by atoms with Crippen molar-refractivity contribution in [2.75, 3.05) is 30.8 Å². The Kier molecular flexibility index (Phi) is 10.4. The Morgan fingerprint density at radius 1 is 1.14 bits per heavy atom. The second kappa shape index (κ2) is 12.8. The summed E-state index contributed by atoms with van der Waals surface area (Å²) in [5.74, 6) is -0.154. The molecule has 1 unspecified atom stereocenters. The minimum Gasteiger partial charge on any atom is -0.497 e. The zero-order valence-corrected chi connectivity index (χ0v) is 22.4. The topological polar surface area (TPSA) is 96.0 Å². The molecule has 8 nitrogen and oxygen atoms in total. The molecule has 2 rings (SSSR count). The minimum atomic E-state index is -3.81. The normalized spacial score (nSPS) is 12.1. The molecule has 1 N–H and O–H groups in total. The van der Waals surface area contributed by atoms with Crippen molar-refractivity contribution >= 4 is 39.1 Å². The number of hydrogen-bond acceptors (Lipinski definition) is 5. The van der Waals surface area contributed by atoms with Crippen LogP contribution in [0.1, 0.15) is 37.8 Å². The summed E-state index contributed by atoms with van der Waals surface area (Å²) in [5.41, 5.74) is 1.73. The van der Waals surface area contributed by atoms with Gasteiger partial charge in [0.15, 0.2) is 0 Å². The Labute approximate surface area is 213 Å². The molecule has 35 heavy (non-hydrogen) atoms. The lowest BCUT2D eigenvalue weighted by molar-refractivity contribution is -0.140. The summed E-state index contributed by atoms with van der Waals surface area (Å²) in [5, 5.41) is 3.32. The van der Waals surface area contributed by atoms with Gasteiger partial charge in [0.25, 0.3) is 0 Å². The quantitative estimate of drug-likeness (QED) is 0.457. The zero-order chi connectivity index (χ0) is 26.2. The van der Waals surface area contributed by atoms with Crippen LogP contribution in [0.25, 0.3) is 0 Å². The number of benzene rings is 2. The zero-order valence-electron chi connectivity index (χ0n) is 20.9. The van der Waals surface area contributed by atoms with Gasteiger partial charge < -0.3 is 15.0 Å². The molecule has 0 heterocycles. The van der Waals surface area contributed by atoms with Crippen LogP contribution in [0.5, 0.6) is 5.75 Å². The highest BCUT2D eigenvalue weighted by Crippen LogP contribution is 2.26. The molecule has 0 bridgehead atoms. The van der Waals surface area contributed by atoms with Crippen molar-refractivity contribution in [2.24, 2.45) is 0 Å². The number of nitrogens with one attached hydrogen (secondary N) is 1. The number of rotatable bonds is 12. The van der Waals surface area contributed by atoms with Crippen molar-refractivity contribution in [1.82, 2.24) is 10.2 Å². The Morgan fingerprint density at radius 3 is 2.43 bits per heavy atom. The van der Waals surface area contributed by atoms with Crippen molar-refractivity contribution in [3.63, 3.8) is 0 Å². The van der Waals surface area contributed by atoms with Crippen molar-refractivity contribution in [2.45, 2.75) is 46.2 Å². The third-order valence-corrected chi connectivity index (χ3v) is 6.89. The number of sulfonamides is 1. The summed E-state index contributed by atoms with van der Waals surface area (Å²) in [6.45, 7) is 5.63. The van der Waals surface area contributed by atoms with E-state index in [0.29, 0.717) is 35.0 Å². The number of methoxy groups -OCH3 is 1. The Balaban J connectivity index is 2.47. The molecule has 0 aliphatic carbocycles. The average Bonchev–Trinajstić information content (AvgIpc) is 2.80. The molecule has 0 aliphatic rings. The molecule has 2 amide bonds. The van der Waals surface area contributed by atoms with Gasteiger partial charge in [-0.15, -0.1) is 0 Å². The first-order valence-electron chi connectivity index (χ1n) is 11.5. The van der Waals surface area contributed by atoms with E-state index in [-0.39, 0.29) is 12.5 Å². The molecular weight excluding hydrogens is 490 g/mol. The standard InChI is InChI=1S/C25H34ClN3O5S/c1-6-13-27-25(31)22(7-2)28(16-19-9-8-10-21(15-19)34-4)24(30)17-29(35(5,32)33)23-12-11-20(26)14-18(23)3/h8-12,14-15,22H,6-7,13,16-17H2,1-5H3,(H,27,31). The molecule has 192 valence electrons. The average molecular weight is 524 g/mol. The predicted molar refractivity (Wildman–Crippen MR) is 139 cm³/mol. The Morgan fingerprint density at radius 2 is 1.86 bits per heavy atom. The van der Waals surface area contributed by atoms with E-state index < -0.39 is 28.5 Å². The molecule has 2 aromatic carbocycles. The fourth-order valence-corrected chi connectivity index (χ4v) is 4.88. The molecule has 0 saturated carbocycles. The number of halogens is 1. The van der Waals surface area contributed by atoms with E-state index in [1.54, 1.807) is 50.4 Å². The van der Waals surface area contributed by atoms with Crippen molar-refractivity contribution in [1.29, 1.82) is 0 Å². The number of amides is 2. The molecule has 0 saturated heterocycles. The van der Waals surface area contributed by atoms with E-state index in [0.717, 1.165) is 22.5 Å². The molecule has 0 spiro atoms. The van der Waals surface area contributed by atoms with Gasteiger partial charge in [-0.25, -0.2) is 8.42 Å². The first-order valence-corrected chi connectivity index (χ1v) is 13.7. The van der Waals surface area contributed by atoms with E-state index in [9.17, 15) is 18.0 Å². The van der Waals surface area contributed by atoms with Crippen LogP contribution in [-0.2, 0) is 26.2 Å². The van der Waals surface area contributed by atoms with Gasteiger partial charge in [0.05, 0.1) is 19.1 Å². The van der Waals surface area contributed by atoms with E-state index >= 15 is 0 Å². The summed E-state index contributed by atoms with van der Waals surface area (Å²) in [6, 6.07) is 11.2. The van der Waals surface area contributed by atoms with Crippen LogP contribution >= 0.6 is 11.6 Å². The Hall–Kier alpha value is -2.78. The highest BCUT2D eigenvalue weighted by Gasteiger charge is 2.32. The Bertz CT molecular complexity index is 1140. The van der Waals surface area contributed by atoms with Gasteiger partial charge in [0.1, 0.15) is 18.3 Å². The van der Waals surface area contributed by atoms with Crippen LogP contribution in [0.3, 0.4) is 0 Å². The van der Waals surface area contributed by atoms with Gasteiger partial charge in [0, 0.05) is 18.1 Å². The third kappa shape index (κ3) is 7.86. The lowest BCUT2D eigenvalue weighted by atomic mass is 10.1. The summed E-state index contributed by atoms with van der Waals surface area (Å²) in [6.07, 6.45) is 2.17. The van der Waals surface area contributed by atoms with Gasteiger partial charge in [-0.05, 0) is 61.2 Å². The fourth-order valence-electron chi connectivity index (χ4n) is 3.75. The lowest BCUT2D eigenvalue weighted by Crippen LogP contribution is -2.52. The maximum Gasteiger partial charge on any atom is 0.244 e. The number of aryl methyl sites for hydroxylation is 1. The number of carbonyl (C=O) groups is 2. The number of carbonyl (C=O) groups excluding carboxylic acids is 2. The van der Waals surface area contributed by atoms with Gasteiger partial charge in [-0.2, -0.15) is 0 Å². The summed E-state index contributed by atoms with van der Waals surface area (Å²) < 4.78 is 31.8. The van der Waals surface area contributed by atoms with Gasteiger partial charge in [-0.3, -0.25) is 13.9 Å². The number of anilines is 1. The number of ether oxygens (including phenoxy) is 1. The van der Waals surface area contributed by atoms with Crippen LogP contribution in [0.4, 0.5) is 5.69 Å². The van der Waals surface area contributed by atoms with Crippen molar-refractivity contribution < 1.29 is 22.7 Å². The molecule has 0 aliphatic heterocycles. The molecule has 0 aromatic heterocycles. The van der Waals surface area contributed by atoms with Crippen LogP contribution in [0.2, 0.25) is 5.02 Å². The largest absolute Gasteiger partial charge is 0.497 e. The minimum absolute atomic E-state index is 0.116. The second-order valence-corrected chi connectivity index (χ2v) is 10.6. The number of nitrogens with zero attached hydrogens (tertiary/aromatic N) is 2. The summed E-state index contributed by atoms with van der Waals surface area (Å²) in [4.78, 5) is 28.1. The predicted octanol–water partition coefficient (Wildman–Crippen LogP) is 3.76. The highest BCUT2D eigenvalue weighted by molar-refractivity contribution is 7.92. The van der Waals surface area contributed by atoms with Gasteiger partial charge in [-0.1, -0.05) is 37.6 Å². The van der Waals surface area contributed by atoms with Crippen LogP contribution in [-0.4, -0.2) is 57.6 Å². The third-order valence-electron chi connectivity index (χ3n) is 5.53. The van der Waals surface area contributed by atoms with E-state index in [1.165, 1.54) is 4.90 Å². The fraction of sp³-hybridized carbons (Fsp3) is 0.440. The second-order valence-electron chi connectivity index (χ2n) is 8.29. The SMILES string of the molecule is CCCNC(=O)C(CC)N(Cc1cccc(OC)c1)C(=O)CN(c1ccc(Cl)cc1C)S(C)(=O)=O. The maximum atomic E-state index is 13.7. The summed E-state index contributed by atoms with van der Waals surface area (Å²) >= 11 is 6.05. The van der Waals surface area contributed by atoms with Crippen molar-refractivity contribution in [3.05, 3.63) is 58.6 Å². The molecule has 0 radical (unpaired) electrons. The first kappa shape index (κ1) is 28.5. The van der Waals surface area contributed by atoms with Gasteiger partial charge in [0.2, 0.25) is 21.8 Å². The maximum absolute atomic E-state index is 13.7. The van der Waals surface area contributed by atoms with Crippen LogP contribution in [0, 0.1) is 6.92 Å². The van der Waals surface area contributed by atoms with Crippen LogP contribution < -0.4 is 14.4 Å².